The molecule has 0 aliphatic rings. The lowest BCUT2D eigenvalue weighted by atomic mass is 10.0. The van der Waals surface area contributed by atoms with Crippen LogP contribution >= 0.6 is 0 Å². The molecule has 0 fully saturated rings. The highest BCUT2D eigenvalue weighted by Gasteiger charge is 2.22. The molecule has 0 spiro atoms. The van der Waals surface area contributed by atoms with Crippen molar-refractivity contribution in [2.24, 2.45) is 0 Å². The van der Waals surface area contributed by atoms with Gasteiger partial charge in [0.25, 0.3) is 0 Å². The average molecular weight is 364 g/mol. The maximum atomic E-state index is 2.48. The lowest BCUT2D eigenvalue weighted by molar-refractivity contribution is 1.37. The molecule has 0 unspecified atom stereocenters. The predicted octanol–water partition coefficient (Wildman–Crippen LogP) is 6.54. The zero-order valence-electron chi connectivity index (χ0n) is 15.9. The fraction of sp³-hybridized carbons (Fsp3) is 0.120. The van der Waals surface area contributed by atoms with Gasteiger partial charge in [-0.25, -0.2) is 0 Å². The van der Waals surface area contributed by atoms with Crippen molar-refractivity contribution in [3.8, 4) is 0 Å². The van der Waals surface area contributed by atoms with Gasteiger partial charge in [-0.1, -0.05) is 79.4 Å². The Hall–Kier alpha value is -2.84. The van der Waals surface area contributed by atoms with Crippen LogP contribution in [0.5, 0.6) is 0 Å². The van der Waals surface area contributed by atoms with E-state index < -0.39 is 8.07 Å². The van der Waals surface area contributed by atoms with Crippen LogP contribution in [0.2, 0.25) is 19.6 Å². The fourth-order valence-electron chi connectivity index (χ4n) is 4.71. The summed E-state index contributed by atoms with van der Waals surface area (Å²) in [4.78, 5) is 0. The van der Waals surface area contributed by atoms with Gasteiger partial charge >= 0.3 is 0 Å². The number of benzene rings is 4. The monoisotopic (exact) mass is 363 g/mol. The molecular formula is C25H21NSi. The molecule has 6 rings (SSSR count). The molecule has 0 atom stereocenters. The first kappa shape index (κ1) is 15.2. The van der Waals surface area contributed by atoms with E-state index in [9.17, 15) is 0 Å². The summed E-state index contributed by atoms with van der Waals surface area (Å²) in [6.45, 7) is 7.28. The van der Waals surface area contributed by atoms with Gasteiger partial charge in [0.15, 0.2) is 0 Å². The van der Waals surface area contributed by atoms with Gasteiger partial charge in [-0.15, -0.1) is 0 Å². The van der Waals surface area contributed by atoms with Crippen LogP contribution < -0.4 is 5.19 Å². The second-order valence-electron chi connectivity index (χ2n) is 8.70. The van der Waals surface area contributed by atoms with Gasteiger partial charge in [0.1, 0.15) is 0 Å². The molecule has 0 aliphatic carbocycles. The van der Waals surface area contributed by atoms with E-state index in [2.05, 4.69) is 96.8 Å². The molecule has 130 valence electrons. The van der Waals surface area contributed by atoms with Crippen molar-refractivity contribution in [2.45, 2.75) is 19.6 Å². The molecule has 0 amide bonds. The zero-order valence-corrected chi connectivity index (χ0v) is 16.9. The largest absolute Gasteiger partial charge is 0.308 e. The lowest BCUT2D eigenvalue weighted by Crippen LogP contribution is -2.37. The Labute approximate surface area is 159 Å². The highest BCUT2D eigenvalue weighted by molar-refractivity contribution is 6.88. The van der Waals surface area contributed by atoms with Crippen molar-refractivity contribution in [3.63, 3.8) is 0 Å². The van der Waals surface area contributed by atoms with E-state index in [4.69, 9.17) is 0 Å². The Bertz CT molecular complexity index is 1500. The van der Waals surface area contributed by atoms with Crippen LogP contribution in [0.15, 0.2) is 72.8 Å². The number of rotatable bonds is 1. The molecule has 27 heavy (non-hydrogen) atoms. The Kier molecular flexibility index (Phi) is 2.77. The number of para-hydroxylation sites is 1. The van der Waals surface area contributed by atoms with Crippen LogP contribution in [0.3, 0.4) is 0 Å². The summed E-state index contributed by atoms with van der Waals surface area (Å²) in [5.41, 5.74) is 4.01. The Morgan fingerprint density at radius 3 is 2.15 bits per heavy atom. The summed E-state index contributed by atoms with van der Waals surface area (Å²) in [7, 11) is -1.36. The van der Waals surface area contributed by atoms with Crippen LogP contribution in [-0.2, 0) is 0 Å². The van der Waals surface area contributed by atoms with Crippen molar-refractivity contribution >= 4 is 62.1 Å². The smallest absolute Gasteiger partial charge is 0.0776 e. The van der Waals surface area contributed by atoms with Crippen LogP contribution in [0.25, 0.3) is 48.9 Å². The van der Waals surface area contributed by atoms with E-state index in [-0.39, 0.29) is 0 Å². The predicted molar refractivity (Wildman–Crippen MR) is 122 cm³/mol. The first-order chi connectivity index (χ1) is 13.0. The molecule has 0 saturated heterocycles. The van der Waals surface area contributed by atoms with Crippen molar-refractivity contribution in [2.75, 3.05) is 0 Å². The minimum atomic E-state index is -1.36. The number of fused-ring (bicyclic) bond motifs is 8. The van der Waals surface area contributed by atoms with Gasteiger partial charge < -0.3 is 4.40 Å². The van der Waals surface area contributed by atoms with Crippen LogP contribution in [0.4, 0.5) is 0 Å². The molecule has 0 saturated carbocycles. The van der Waals surface area contributed by atoms with Gasteiger partial charge in [-0.05, 0) is 29.0 Å². The summed E-state index contributed by atoms with van der Waals surface area (Å²) >= 11 is 0. The van der Waals surface area contributed by atoms with Gasteiger partial charge in [0.05, 0.1) is 24.6 Å². The SMILES string of the molecule is C[Si](C)(C)c1ccc2c(c1)c1cc3ccccc3c3c4ccccc4n2c13. The summed E-state index contributed by atoms with van der Waals surface area (Å²) in [5.74, 6) is 0. The number of nitrogens with zero attached hydrogens (tertiary/aromatic N) is 1. The number of hydrogen-bond acceptors (Lipinski definition) is 0. The average Bonchev–Trinajstić information content (AvgIpc) is 3.17. The molecule has 6 aromatic rings. The molecular weight excluding hydrogens is 342 g/mol. The Morgan fingerprint density at radius 1 is 0.630 bits per heavy atom. The molecule has 2 aromatic heterocycles. The molecule has 0 bridgehead atoms. The third-order valence-electron chi connectivity index (χ3n) is 6.05. The van der Waals surface area contributed by atoms with Gasteiger partial charge in [-0.3, -0.25) is 0 Å². The van der Waals surface area contributed by atoms with Gasteiger partial charge in [-0.2, -0.15) is 0 Å². The zero-order chi connectivity index (χ0) is 18.3. The van der Waals surface area contributed by atoms with Crippen molar-refractivity contribution in [1.29, 1.82) is 0 Å². The van der Waals surface area contributed by atoms with Crippen molar-refractivity contribution < 1.29 is 0 Å². The van der Waals surface area contributed by atoms with Crippen molar-refractivity contribution in [1.82, 2.24) is 4.40 Å². The standard InChI is InChI=1S/C25H21NSi/c1-27(2,3)17-12-13-23-20(15-17)21-14-16-8-4-5-9-18(16)24-19-10-6-7-11-22(19)26(23)25(21)24/h4-15H,1-3H3. The molecule has 2 heterocycles. The van der Waals surface area contributed by atoms with E-state index in [0.29, 0.717) is 0 Å². The molecule has 0 N–H and O–H groups in total. The molecule has 0 aliphatic heterocycles. The van der Waals surface area contributed by atoms with E-state index >= 15 is 0 Å². The van der Waals surface area contributed by atoms with Crippen LogP contribution in [0, 0.1) is 0 Å². The summed E-state index contributed by atoms with van der Waals surface area (Å²) in [5, 5.41) is 9.73. The second kappa shape index (κ2) is 4.90. The first-order valence-electron chi connectivity index (χ1n) is 9.64. The molecule has 0 radical (unpaired) electrons. The highest BCUT2D eigenvalue weighted by atomic mass is 28.3. The van der Waals surface area contributed by atoms with Gasteiger partial charge in [0.2, 0.25) is 0 Å². The van der Waals surface area contributed by atoms with Gasteiger partial charge in [0, 0.05) is 21.5 Å². The minimum Gasteiger partial charge on any atom is -0.308 e. The Balaban J connectivity index is 1.97. The topological polar surface area (TPSA) is 4.41 Å². The maximum Gasteiger partial charge on any atom is 0.0776 e. The Morgan fingerprint density at radius 2 is 1.33 bits per heavy atom. The minimum absolute atomic E-state index is 1.31. The lowest BCUT2D eigenvalue weighted by Gasteiger charge is -2.16. The molecule has 1 nitrogen and oxygen atoms in total. The normalized spacial score (nSPS) is 13.0. The quantitative estimate of drug-likeness (QED) is 0.292. The maximum absolute atomic E-state index is 2.48. The second-order valence-corrected chi connectivity index (χ2v) is 13.8. The van der Waals surface area contributed by atoms with Crippen molar-refractivity contribution in [3.05, 3.63) is 72.8 Å². The fourth-order valence-corrected chi connectivity index (χ4v) is 5.87. The first-order valence-corrected chi connectivity index (χ1v) is 13.1. The molecule has 2 heteroatoms. The summed E-state index contributed by atoms with van der Waals surface area (Å²) < 4.78 is 2.48. The van der Waals surface area contributed by atoms with Crippen LogP contribution in [-0.4, -0.2) is 12.5 Å². The van der Waals surface area contributed by atoms with E-state index in [0.717, 1.165) is 0 Å². The summed E-state index contributed by atoms with van der Waals surface area (Å²) in [6.07, 6.45) is 0. The number of hydrogen-bond donors (Lipinski definition) is 0. The van der Waals surface area contributed by atoms with Crippen LogP contribution in [0.1, 0.15) is 0 Å². The van der Waals surface area contributed by atoms with E-state index in [1.807, 2.05) is 0 Å². The molecule has 4 aromatic carbocycles. The van der Waals surface area contributed by atoms with E-state index in [1.165, 1.54) is 54.1 Å². The summed E-state index contributed by atoms with van der Waals surface area (Å²) in [6, 6.07) is 27.2. The third-order valence-corrected chi connectivity index (χ3v) is 8.10. The van der Waals surface area contributed by atoms with E-state index in [1.54, 1.807) is 0 Å². The number of aromatic nitrogens is 1. The third kappa shape index (κ3) is 1.88. The highest BCUT2D eigenvalue weighted by Crippen LogP contribution is 2.42.